The van der Waals surface area contributed by atoms with Gasteiger partial charge in [-0.25, -0.2) is 4.39 Å². The summed E-state index contributed by atoms with van der Waals surface area (Å²) >= 11 is 3.38. The Morgan fingerprint density at radius 3 is 2.62 bits per heavy atom. The van der Waals surface area contributed by atoms with Gasteiger partial charge in [-0.2, -0.15) is 0 Å². The fourth-order valence-corrected chi connectivity index (χ4v) is 3.16. The maximum absolute atomic E-state index is 14.4. The van der Waals surface area contributed by atoms with Gasteiger partial charge in [0.1, 0.15) is 11.6 Å². The topological polar surface area (TPSA) is 9.23 Å². The Kier molecular flexibility index (Phi) is 4.11. The van der Waals surface area contributed by atoms with Crippen LogP contribution in [0.25, 0.3) is 16.3 Å². The molecule has 2 aromatic rings. The Hall–Kier alpha value is -1.61. The molecule has 0 unspecified atom stereocenters. The molecule has 0 fully saturated rings. The third-order valence-corrected chi connectivity index (χ3v) is 4.30. The Bertz CT molecular complexity index is 741. The van der Waals surface area contributed by atoms with Crippen molar-refractivity contribution in [2.45, 2.75) is 19.8 Å². The van der Waals surface area contributed by atoms with Crippen LogP contribution in [-0.2, 0) is 0 Å². The number of benzene rings is 2. The third kappa shape index (κ3) is 2.75. The molecule has 0 spiro atoms. The molecule has 0 saturated heterocycles. The van der Waals surface area contributed by atoms with Crippen molar-refractivity contribution in [3.63, 3.8) is 0 Å². The van der Waals surface area contributed by atoms with Gasteiger partial charge >= 0.3 is 0 Å². The SMILES string of the molecule is CCOc1cccc2cccc(C3=C(F)C=C(Br)CC3)c12. The maximum atomic E-state index is 14.4. The van der Waals surface area contributed by atoms with Crippen LogP contribution in [-0.4, -0.2) is 6.61 Å². The lowest BCUT2D eigenvalue weighted by Gasteiger charge is -2.17. The van der Waals surface area contributed by atoms with E-state index in [1.165, 1.54) is 0 Å². The van der Waals surface area contributed by atoms with Gasteiger partial charge in [-0.05, 0) is 52.9 Å². The van der Waals surface area contributed by atoms with E-state index in [0.717, 1.165) is 38.6 Å². The second-order valence-electron chi connectivity index (χ2n) is 5.01. The van der Waals surface area contributed by atoms with Crippen molar-refractivity contribution < 1.29 is 9.13 Å². The molecule has 108 valence electrons. The Balaban J connectivity index is 2.26. The van der Waals surface area contributed by atoms with Crippen LogP contribution in [0.4, 0.5) is 4.39 Å². The van der Waals surface area contributed by atoms with Gasteiger partial charge in [0, 0.05) is 5.39 Å². The molecule has 0 bridgehead atoms. The Labute approximate surface area is 132 Å². The molecule has 21 heavy (non-hydrogen) atoms. The van der Waals surface area contributed by atoms with Crippen molar-refractivity contribution in [1.82, 2.24) is 0 Å². The van der Waals surface area contributed by atoms with E-state index in [1.54, 1.807) is 6.08 Å². The maximum Gasteiger partial charge on any atom is 0.127 e. The molecule has 1 aliphatic rings. The average Bonchev–Trinajstić information content (AvgIpc) is 2.47. The number of ether oxygens (including phenoxy) is 1. The summed E-state index contributed by atoms with van der Waals surface area (Å²) in [6.07, 6.45) is 3.10. The van der Waals surface area contributed by atoms with Gasteiger partial charge in [-0.1, -0.05) is 46.3 Å². The van der Waals surface area contributed by atoms with E-state index >= 15 is 0 Å². The van der Waals surface area contributed by atoms with E-state index in [1.807, 2.05) is 43.3 Å². The summed E-state index contributed by atoms with van der Waals surface area (Å²) in [6.45, 7) is 2.56. The van der Waals surface area contributed by atoms with Gasteiger partial charge < -0.3 is 4.74 Å². The molecule has 0 saturated carbocycles. The number of allylic oxidation sites excluding steroid dienone is 4. The molecule has 0 amide bonds. The monoisotopic (exact) mass is 346 g/mol. The first-order chi connectivity index (χ1) is 10.2. The number of halogens is 2. The predicted octanol–water partition coefficient (Wildman–Crippen LogP) is 5.99. The quantitative estimate of drug-likeness (QED) is 0.662. The predicted molar refractivity (Wildman–Crippen MR) is 89.4 cm³/mol. The Morgan fingerprint density at radius 2 is 1.90 bits per heavy atom. The smallest absolute Gasteiger partial charge is 0.127 e. The van der Waals surface area contributed by atoms with Crippen LogP contribution in [0.5, 0.6) is 5.75 Å². The zero-order valence-corrected chi connectivity index (χ0v) is 13.4. The van der Waals surface area contributed by atoms with Crippen LogP contribution in [0, 0.1) is 0 Å². The minimum absolute atomic E-state index is 0.160. The van der Waals surface area contributed by atoms with E-state index < -0.39 is 0 Å². The van der Waals surface area contributed by atoms with Crippen LogP contribution in [0.15, 0.2) is 52.8 Å². The van der Waals surface area contributed by atoms with Gasteiger partial charge in [0.2, 0.25) is 0 Å². The molecular weight excluding hydrogens is 331 g/mol. The lowest BCUT2D eigenvalue weighted by Crippen LogP contribution is -1.98. The van der Waals surface area contributed by atoms with Crippen LogP contribution in [0.2, 0.25) is 0 Å². The van der Waals surface area contributed by atoms with Crippen molar-refractivity contribution in [3.05, 3.63) is 58.3 Å². The number of hydrogen-bond acceptors (Lipinski definition) is 1. The fourth-order valence-electron chi connectivity index (χ4n) is 2.76. The Morgan fingerprint density at radius 1 is 1.14 bits per heavy atom. The number of fused-ring (bicyclic) bond motifs is 1. The molecule has 0 N–H and O–H groups in total. The highest BCUT2D eigenvalue weighted by molar-refractivity contribution is 9.11. The number of hydrogen-bond donors (Lipinski definition) is 0. The molecule has 0 aliphatic heterocycles. The summed E-state index contributed by atoms with van der Waals surface area (Å²) in [5.74, 6) is 0.659. The highest BCUT2D eigenvalue weighted by Crippen LogP contribution is 2.40. The van der Waals surface area contributed by atoms with Gasteiger partial charge in [-0.15, -0.1) is 0 Å². The zero-order valence-electron chi connectivity index (χ0n) is 11.8. The van der Waals surface area contributed by atoms with Crippen LogP contribution >= 0.6 is 15.9 Å². The van der Waals surface area contributed by atoms with Crippen molar-refractivity contribution in [1.29, 1.82) is 0 Å². The third-order valence-electron chi connectivity index (χ3n) is 3.68. The minimum Gasteiger partial charge on any atom is -0.493 e. The molecule has 0 heterocycles. The largest absolute Gasteiger partial charge is 0.493 e. The fraction of sp³-hybridized carbons (Fsp3) is 0.222. The summed E-state index contributed by atoms with van der Waals surface area (Å²) < 4.78 is 21.0. The molecule has 2 aromatic carbocycles. The molecule has 0 atom stereocenters. The lowest BCUT2D eigenvalue weighted by molar-refractivity contribution is 0.344. The van der Waals surface area contributed by atoms with E-state index in [0.29, 0.717) is 13.0 Å². The molecule has 1 aliphatic carbocycles. The van der Waals surface area contributed by atoms with E-state index in [4.69, 9.17) is 4.74 Å². The first kappa shape index (κ1) is 14.3. The van der Waals surface area contributed by atoms with Gasteiger partial charge in [0.15, 0.2) is 0 Å². The van der Waals surface area contributed by atoms with Gasteiger partial charge in [-0.3, -0.25) is 0 Å². The minimum atomic E-state index is -0.160. The lowest BCUT2D eigenvalue weighted by atomic mass is 9.92. The highest BCUT2D eigenvalue weighted by atomic mass is 79.9. The van der Waals surface area contributed by atoms with E-state index in [-0.39, 0.29) is 5.83 Å². The van der Waals surface area contributed by atoms with Gasteiger partial charge in [0.05, 0.1) is 6.61 Å². The summed E-state index contributed by atoms with van der Waals surface area (Å²) in [7, 11) is 0. The first-order valence-corrected chi connectivity index (χ1v) is 7.89. The standard InChI is InChI=1S/C18H16BrFO/c1-2-21-17-8-4-6-12-5-3-7-15(18(12)17)14-10-9-13(19)11-16(14)20/h3-8,11H,2,9-10H2,1H3. The van der Waals surface area contributed by atoms with E-state index in [9.17, 15) is 4.39 Å². The van der Waals surface area contributed by atoms with E-state index in [2.05, 4.69) is 15.9 Å². The summed E-state index contributed by atoms with van der Waals surface area (Å²) in [6, 6.07) is 11.9. The highest BCUT2D eigenvalue weighted by Gasteiger charge is 2.17. The second-order valence-corrected chi connectivity index (χ2v) is 6.03. The molecule has 0 aromatic heterocycles. The molecule has 3 heteroatoms. The van der Waals surface area contributed by atoms with Crippen molar-refractivity contribution in [3.8, 4) is 5.75 Å². The van der Waals surface area contributed by atoms with Crippen molar-refractivity contribution in [2.75, 3.05) is 6.61 Å². The molecule has 1 nitrogen and oxygen atoms in total. The first-order valence-electron chi connectivity index (χ1n) is 7.10. The van der Waals surface area contributed by atoms with Crippen LogP contribution in [0.1, 0.15) is 25.3 Å². The molecule has 3 rings (SSSR count). The summed E-state index contributed by atoms with van der Waals surface area (Å²) in [4.78, 5) is 0. The second kappa shape index (κ2) is 6.02. The summed E-state index contributed by atoms with van der Waals surface area (Å²) in [5, 5.41) is 2.07. The summed E-state index contributed by atoms with van der Waals surface area (Å²) in [5.41, 5.74) is 1.70. The van der Waals surface area contributed by atoms with Crippen LogP contribution in [0.3, 0.4) is 0 Å². The van der Waals surface area contributed by atoms with Gasteiger partial charge in [0.25, 0.3) is 0 Å². The normalized spacial score (nSPS) is 15.3. The molecular formula is C18H16BrFO. The van der Waals surface area contributed by atoms with Crippen LogP contribution < -0.4 is 4.74 Å². The molecule has 0 radical (unpaired) electrons. The zero-order chi connectivity index (χ0) is 14.8. The average molecular weight is 347 g/mol. The van der Waals surface area contributed by atoms with Crippen molar-refractivity contribution >= 4 is 32.3 Å². The van der Waals surface area contributed by atoms with Crippen molar-refractivity contribution in [2.24, 2.45) is 0 Å². The number of rotatable bonds is 3.